The Balaban J connectivity index is 1.80. The Morgan fingerprint density at radius 3 is 2.68 bits per heavy atom. The number of ether oxygens (including phenoxy) is 1. The van der Waals surface area contributed by atoms with Crippen molar-refractivity contribution in [3.63, 3.8) is 0 Å². The van der Waals surface area contributed by atoms with Crippen LogP contribution in [0.2, 0.25) is 0 Å². The summed E-state index contributed by atoms with van der Waals surface area (Å²) in [4.78, 5) is 45.3. The maximum atomic E-state index is 12.8. The lowest BCUT2D eigenvalue weighted by Crippen LogP contribution is -2.23. The molecule has 0 aliphatic carbocycles. The van der Waals surface area contributed by atoms with Crippen LogP contribution in [0.15, 0.2) is 47.5 Å². The van der Waals surface area contributed by atoms with Crippen molar-refractivity contribution < 1.29 is 19.1 Å². The number of nitrogens with zero attached hydrogens (tertiary/aromatic N) is 3. The molecule has 2 heterocycles. The molecule has 0 radical (unpaired) electrons. The number of hydrogen-bond donors (Lipinski definition) is 1. The Morgan fingerprint density at radius 2 is 1.94 bits per heavy atom. The van der Waals surface area contributed by atoms with Gasteiger partial charge in [-0.15, -0.1) is 11.3 Å². The van der Waals surface area contributed by atoms with E-state index < -0.39 is 11.9 Å². The van der Waals surface area contributed by atoms with Gasteiger partial charge < -0.3 is 14.6 Å². The topological polar surface area (TPSA) is 103 Å². The van der Waals surface area contributed by atoms with Crippen LogP contribution in [0.25, 0.3) is 20.4 Å². The number of hydrogen-bond acceptors (Lipinski definition) is 7. The molecule has 2 aromatic heterocycles. The number of para-hydroxylation sites is 1. The molecule has 0 saturated heterocycles. The van der Waals surface area contributed by atoms with Gasteiger partial charge in [-0.2, -0.15) is 4.99 Å². The molecule has 31 heavy (non-hydrogen) atoms. The summed E-state index contributed by atoms with van der Waals surface area (Å²) in [6, 6.07) is 12.8. The lowest BCUT2D eigenvalue weighted by Gasteiger charge is -2.06. The Morgan fingerprint density at radius 1 is 1.13 bits per heavy atom. The summed E-state index contributed by atoms with van der Waals surface area (Å²) in [5.41, 5.74) is 2.07. The third-order valence-electron chi connectivity index (χ3n) is 4.27. The smallest absolute Gasteiger partial charge is 0.326 e. The number of aromatic nitrogens is 2. The van der Waals surface area contributed by atoms with Crippen molar-refractivity contribution in [1.82, 2.24) is 9.55 Å². The molecule has 0 saturated carbocycles. The highest BCUT2D eigenvalue weighted by atomic mass is 32.1. The monoisotopic (exact) mass is 454 g/mol. The van der Waals surface area contributed by atoms with Crippen LogP contribution in [0.1, 0.15) is 23.6 Å². The highest BCUT2D eigenvalue weighted by molar-refractivity contribution is 7.20. The fourth-order valence-corrected chi connectivity index (χ4v) is 4.94. The zero-order valence-corrected chi connectivity index (χ0v) is 18.4. The Kier molecular flexibility index (Phi) is 5.92. The molecule has 0 bridgehead atoms. The highest BCUT2D eigenvalue weighted by Gasteiger charge is 2.15. The number of rotatable bonds is 5. The molecular formula is C21H18N4O4S2. The molecule has 2 aromatic carbocycles. The van der Waals surface area contributed by atoms with Crippen LogP contribution in [0.5, 0.6) is 0 Å². The first-order valence-corrected chi connectivity index (χ1v) is 11.1. The molecule has 0 spiro atoms. The normalized spacial score (nSPS) is 11.7. The van der Waals surface area contributed by atoms with Crippen molar-refractivity contribution in [2.75, 3.05) is 11.9 Å². The second kappa shape index (κ2) is 8.78. The molecule has 1 N–H and O–H groups in total. The van der Waals surface area contributed by atoms with Gasteiger partial charge in [-0.1, -0.05) is 23.5 Å². The third-order valence-corrected chi connectivity index (χ3v) is 6.34. The zero-order valence-electron chi connectivity index (χ0n) is 16.7. The van der Waals surface area contributed by atoms with Gasteiger partial charge >= 0.3 is 11.9 Å². The van der Waals surface area contributed by atoms with Crippen LogP contribution in [-0.4, -0.2) is 33.9 Å². The number of benzene rings is 2. The zero-order chi connectivity index (χ0) is 22.0. The lowest BCUT2D eigenvalue weighted by molar-refractivity contribution is -0.143. The van der Waals surface area contributed by atoms with Gasteiger partial charge in [0.05, 0.1) is 27.0 Å². The van der Waals surface area contributed by atoms with Gasteiger partial charge in [0, 0.05) is 12.6 Å². The van der Waals surface area contributed by atoms with E-state index in [4.69, 9.17) is 4.74 Å². The first-order chi connectivity index (χ1) is 14.9. The summed E-state index contributed by atoms with van der Waals surface area (Å²) in [5, 5.41) is 3.01. The van der Waals surface area contributed by atoms with E-state index in [1.54, 1.807) is 29.7 Å². The highest BCUT2D eigenvalue weighted by Crippen LogP contribution is 2.24. The number of carbonyl (C=O) groups is 3. The fourth-order valence-electron chi connectivity index (χ4n) is 3.03. The number of anilines is 1. The second-order valence-electron chi connectivity index (χ2n) is 6.54. The number of carbonyl (C=O) groups excluding carboxylic acids is 3. The van der Waals surface area contributed by atoms with Gasteiger partial charge in [0.1, 0.15) is 6.54 Å². The number of esters is 1. The summed E-state index contributed by atoms with van der Waals surface area (Å²) in [6.07, 6.45) is 0. The van der Waals surface area contributed by atoms with E-state index in [9.17, 15) is 14.4 Å². The van der Waals surface area contributed by atoms with Crippen LogP contribution >= 0.6 is 22.7 Å². The molecule has 0 unspecified atom stereocenters. The van der Waals surface area contributed by atoms with Crippen molar-refractivity contribution in [2.45, 2.75) is 20.4 Å². The second-order valence-corrected chi connectivity index (χ2v) is 8.58. The molecule has 4 rings (SSSR count). The van der Waals surface area contributed by atoms with E-state index in [0.29, 0.717) is 16.0 Å². The largest absolute Gasteiger partial charge is 0.465 e. The molecule has 0 atom stereocenters. The van der Waals surface area contributed by atoms with E-state index in [0.717, 1.165) is 14.9 Å². The lowest BCUT2D eigenvalue weighted by atomic mass is 10.3. The van der Waals surface area contributed by atoms with Gasteiger partial charge in [0.2, 0.25) is 5.91 Å². The molecule has 0 fully saturated rings. The molecule has 2 amide bonds. The minimum atomic E-state index is -0.479. The number of fused-ring (bicyclic) bond motifs is 2. The third kappa shape index (κ3) is 4.54. The van der Waals surface area contributed by atoms with E-state index >= 15 is 0 Å². The predicted octanol–water partition coefficient (Wildman–Crippen LogP) is 3.58. The van der Waals surface area contributed by atoms with Gasteiger partial charge in [-0.25, -0.2) is 4.98 Å². The number of amides is 2. The van der Waals surface area contributed by atoms with Crippen LogP contribution in [0, 0.1) is 0 Å². The minimum absolute atomic E-state index is 0.0840. The quantitative estimate of drug-likeness (QED) is 0.465. The molecule has 0 aliphatic rings. The van der Waals surface area contributed by atoms with Crippen LogP contribution < -0.4 is 10.1 Å². The summed E-state index contributed by atoms with van der Waals surface area (Å²) in [7, 11) is 0. The molecule has 10 heteroatoms. The minimum Gasteiger partial charge on any atom is -0.465 e. The predicted molar refractivity (Wildman–Crippen MR) is 120 cm³/mol. The van der Waals surface area contributed by atoms with E-state index in [1.807, 2.05) is 24.3 Å². The first kappa shape index (κ1) is 20.9. The van der Waals surface area contributed by atoms with Crippen molar-refractivity contribution >= 4 is 66.6 Å². The van der Waals surface area contributed by atoms with Gasteiger partial charge in [0.25, 0.3) is 0 Å². The Bertz CT molecular complexity index is 1350. The van der Waals surface area contributed by atoms with Gasteiger partial charge in [-0.3, -0.25) is 14.4 Å². The van der Waals surface area contributed by atoms with Crippen molar-refractivity contribution in [2.24, 2.45) is 4.99 Å². The summed E-state index contributed by atoms with van der Waals surface area (Å²) >= 11 is 2.52. The number of thiazole rings is 2. The fraction of sp³-hybridized carbons (Fsp3) is 0.190. The van der Waals surface area contributed by atoms with E-state index in [2.05, 4.69) is 15.3 Å². The molecule has 4 aromatic rings. The van der Waals surface area contributed by atoms with Crippen LogP contribution in [-0.2, 0) is 20.9 Å². The van der Waals surface area contributed by atoms with Crippen LogP contribution in [0.3, 0.4) is 0 Å². The van der Waals surface area contributed by atoms with Crippen molar-refractivity contribution in [3.8, 4) is 0 Å². The average Bonchev–Trinajstić information content (AvgIpc) is 3.29. The van der Waals surface area contributed by atoms with Crippen LogP contribution in [0.4, 0.5) is 5.69 Å². The Hall–Kier alpha value is -3.37. The molecule has 0 aliphatic heterocycles. The average molecular weight is 455 g/mol. The first-order valence-electron chi connectivity index (χ1n) is 9.46. The molecule has 8 nitrogen and oxygen atoms in total. The van der Waals surface area contributed by atoms with E-state index in [1.165, 1.54) is 29.6 Å². The number of nitrogens with one attached hydrogen (secondary N) is 1. The standard InChI is InChI=1S/C21H18N4O4S2/c1-3-29-18(27)11-25-15-9-8-13(22-12(2)26)10-17(15)31-21(25)24-19(28)20-23-14-6-4-5-7-16(14)30-20/h4-10H,3,11H2,1-2H3,(H,22,26). The maximum Gasteiger partial charge on any atom is 0.326 e. The summed E-state index contributed by atoms with van der Waals surface area (Å²) < 4.78 is 8.39. The SMILES string of the molecule is CCOC(=O)Cn1c(=NC(=O)c2nc3ccccc3s2)sc2cc(NC(C)=O)ccc21. The van der Waals surface area contributed by atoms with E-state index in [-0.39, 0.29) is 24.1 Å². The van der Waals surface area contributed by atoms with Crippen molar-refractivity contribution in [1.29, 1.82) is 0 Å². The van der Waals surface area contributed by atoms with Crippen molar-refractivity contribution in [3.05, 3.63) is 52.3 Å². The summed E-state index contributed by atoms with van der Waals surface area (Å²) in [5.74, 6) is -1.10. The van der Waals surface area contributed by atoms with Gasteiger partial charge in [-0.05, 0) is 37.3 Å². The van der Waals surface area contributed by atoms with Gasteiger partial charge in [0.15, 0.2) is 9.81 Å². The summed E-state index contributed by atoms with van der Waals surface area (Å²) in [6.45, 7) is 3.33. The molecular weight excluding hydrogens is 436 g/mol. The molecule has 158 valence electrons. The Labute approximate surface area is 184 Å². The maximum absolute atomic E-state index is 12.8.